The molecule has 0 saturated carbocycles. The molecule has 0 nitrogen and oxygen atoms in total. The predicted molar refractivity (Wildman–Crippen MR) is 192 cm³/mol. The smallest absolute Gasteiger partial charge is 0.0391 e. The fourth-order valence-electron chi connectivity index (χ4n) is 3.89. The molecule has 0 aliphatic heterocycles. The van der Waals surface area contributed by atoms with E-state index in [1.807, 2.05) is 27.7 Å². The van der Waals surface area contributed by atoms with Gasteiger partial charge in [-0.2, -0.15) is 0 Å². The Labute approximate surface area is 251 Å². The Bertz CT molecular complexity index is 322. The van der Waals surface area contributed by atoms with Crippen molar-refractivity contribution in [1.29, 1.82) is 0 Å². The number of hydrogen-bond acceptors (Lipinski definition) is 0. The van der Waals surface area contributed by atoms with Gasteiger partial charge in [0.15, 0.2) is 0 Å². The Hall–Kier alpha value is 0. The second kappa shape index (κ2) is 44.0. The van der Waals surface area contributed by atoms with E-state index in [4.69, 9.17) is 0 Å². The molecular formula is C38H92. The first kappa shape index (κ1) is 57.8. The van der Waals surface area contributed by atoms with Gasteiger partial charge in [0.05, 0.1) is 0 Å². The zero-order chi connectivity index (χ0) is 29.0. The summed E-state index contributed by atoms with van der Waals surface area (Å²) in [5.41, 5.74) is 0. The maximum absolute atomic E-state index is 2.48. The van der Waals surface area contributed by atoms with E-state index in [1.165, 1.54) is 57.8 Å². The molecule has 0 rings (SSSR count). The molecule has 0 spiro atoms. The van der Waals surface area contributed by atoms with Gasteiger partial charge >= 0.3 is 0 Å². The van der Waals surface area contributed by atoms with Crippen LogP contribution in [0.4, 0.5) is 0 Å². The molecule has 0 N–H and O–H groups in total. The van der Waals surface area contributed by atoms with Crippen LogP contribution < -0.4 is 0 Å². The molecule has 38 heavy (non-hydrogen) atoms. The molecular weight excluding hydrogens is 456 g/mol. The van der Waals surface area contributed by atoms with E-state index in [0.29, 0.717) is 0 Å². The zero-order valence-corrected chi connectivity index (χ0v) is 29.0. The van der Waals surface area contributed by atoms with Crippen LogP contribution in [0.25, 0.3) is 0 Å². The Kier molecular flexibility index (Phi) is 67.0. The van der Waals surface area contributed by atoms with Crippen LogP contribution in [0.1, 0.15) is 205 Å². The molecule has 4 unspecified atom stereocenters. The van der Waals surface area contributed by atoms with Crippen molar-refractivity contribution in [3.8, 4) is 0 Å². The fraction of sp³-hybridized carbons (Fsp3) is 1.00. The third kappa shape index (κ3) is 52.4. The monoisotopic (exact) mass is 549 g/mol. The SMILES string of the molecule is C.C.C.CC.CC.CC(C)C.CCCC(C)C.CCCC(CCCC(C)C(C)CCC(C)C(C)C)C(C)C. The van der Waals surface area contributed by atoms with E-state index in [0.717, 1.165) is 47.3 Å². The minimum absolute atomic E-state index is 0. The van der Waals surface area contributed by atoms with E-state index < -0.39 is 0 Å². The molecule has 0 heterocycles. The lowest BCUT2D eigenvalue weighted by Gasteiger charge is -2.25. The van der Waals surface area contributed by atoms with Gasteiger partial charge in [-0.3, -0.25) is 0 Å². The highest BCUT2D eigenvalue weighted by Gasteiger charge is 2.17. The molecule has 0 aromatic rings. The molecule has 0 aliphatic rings. The van der Waals surface area contributed by atoms with Gasteiger partial charge in [-0.25, -0.2) is 0 Å². The summed E-state index contributed by atoms with van der Waals surface area (Å²) < 4.78 is 0. The molecule has 0 saturated heterocycles. The van der Waals surface area contributed by atoms with Crippen LogP contribution in [0.3, 0.4) is 0 Å². The summed E-state index contributed by atoms with van der Waals surface area (Å²) in [6.07, 6.45) is 12.6. The number of hydrogen-bond donors (Lipinski definition) is 0. The average Bonchev–Trinajstić information content (AvgIpc) is 2.78. The Morgan fingerprint density at radius 3 is 1.00 bits per heavy atom. The lowest BCUT2D eigenvalue weighted by molar-refractivity contribution is 0.268. The summed E-state index contributed by atoms with van der Waals surface area (Å²) >= 11 is 0. The van der Waals surface area contributed by atoms with Crippen molar-refractivity contribution in [2.24, 2.45) is 47.3 Å². The van der Waals surface area contributed by atoms with Gasteiger partial charge in [0, 0.05) is 0 Å². The quantitative estimate of drug-likeness (QED) is 0.202. The van der Waals surface area contributed by atoms with Crippen molar-refractivity contribution in [2.45, 2.75) is 205 Å². The van der Waals surface area contributed by atoms with Gasteiger partial charge in [-0.15, -0.1) is 0 Å². The molecule has 0 radical (unpaired) electrons. The van der Waals surface area contributed by atoms with Crippen molar-refractivity contribution in [1.82, 2.24) is 0 Å². The standard InChI is InChI=1S/C21H44.C6H14.C4H10.2C2H6.3CH4/c1-9-11-21(17(4)5)13-10-12-19(7)20(8)15-14-18(6)16(2)3;1-4-5-6(2)3;1-4(2)3;2*1-2;;;/h16-21H,9-15H2,1-8H3;6H,4-5H2,1-3H3;4H,1-3H3;2*1-2H3;3*1H4. The van der Waals surface area contributed by atoms with Crippen molar-refractivity contribution >= 4 is 0 Å². The van der Waals surface area contributed by atoms with Crippen molar-refractivity contribution < 1.29 is 0 Å². The third-order valence-corrected chi connectivity index (χ3v) is 6.89. The summed E-state index contributed by atoms with van der Waals surface area (Å²) in [6.45, 7) is 40.5. The highest BCUT2D eigenvalue weighted by molar-refractivity contribution is 4.68. The first-order valence-corrected chi connectivity index (χ1v) is 16.3. The molecule has 0 aromatic heterocycles. The average molecular weight is 549 g/mol. The van der Waals surface area contributed by atoms with E-state index >= 15 is 0 Å². The van der Waals surface area contributed by atoms with Gasteiger partial charge in [-0.1, -0.05) is 205 Å². The molecule has 0 aromatic carbocycles. The van der Waals surface area contributed by atoms with Crippen LogP contribution in [0.5, 0.6) is 0 Å². The topological polar surface area (TPSA) is 0 Å². The first-order valence-electron chi connectivity index (χ1n) is 16.3. The minimum Gasteiger partial charge on any atom is -0.0776 e. The third-order valence-electron chi connectivity index (χ3n) is 6.89. The Balaban J connectivity index is -0.0000000738. The van der Waals surface area contributed by atoms with E-state index in [-0.39, 0.29) is 22.3 Å². The lowest BCUT2D eigenvalue weighted by atomic mass is 9.81. The molecule has 4 atom stereocenters. The van der Waals surface area contributed by atoms with Gasteiger partial charge in [0.25, 0.3) is 0 Å². The molecule has 0 aliphatic carbocycles. The van der Waals surface area contributed by atoms with Gasteiger partial charge in [0.2, 0.25) is 0 Å². The van der Waals surface area contributed by atoms with Crippen LogP contribution in [-0.2, 0) is 0 Å². The summed E-state index contributed by atoms with van der Waals surface area (Å²) in [5.74, 6) is 7.08. The van der Waals surface area contributed by atoms with Crippen LogP contribution in [0.2, 0.25) is 0 Å². The molecule has 0 heteroatoms. The first-order chi connectivity index (χ1) is 16.3. The van der Waals surface area contributed by atoms with Gasteiger partial charge in [-0.05, 0) is 47.3 Å². The Morgan fingerprint density at radius 1 is 0.395 bits per heavy atom. The summed E-state index contributed by atoms with van der Waals surface area (Å²) in [4.78, 5) is 0. The second-order valence-electron chi connectivity index (χ2n) is 12.4. The fourth-order valence-corrected chi connectivity index (χ4v) is 3.89. The maximum atomic E-state index is 2.48. The number of rotatable bonds is 14. The predicted octanol–water partition coefficient (Wildman–Crippen LogP) is 15.6. The van der Waals surface area contributed by atoms with Gasteiger partial charge in [0.1, 0.15) is 0 Å². The molecule has 0 fully saturated rings. The van der Waals surface area contributed by atoms with Crippen molar-refractivity contribution in [3.63, 3.8) is 0 Å². The zero-order valence-electron chi connectivity index (χ0n) is 29.0. The largest absolute Gasteiger partial charge is 0.0776 e. The summed E-state index contributed by atoms with van der Waals surface area (Å²) in [5, 5.41) is 0. The van der Waals surface area contributed by atoms with Gasteiger partial charge < -0.3 is 0 Å². The minimum atomic E-state index is 0. The highest BCUT2D eigenvalue weighted by atomic mass is 14.2. The highest BCUT2D eigenvalue weighted by Crippen LogP contribution is 2.29. The lowest BCUT2D eigenvalue weighted by Crippen LogP contribution is -2.13. The van der Waals surface area contributed by atoms with Crippen molar-refractivity contribution in [3.05, 3.63) is 0 Å². The Morgan fingerprint density at radius 2 is 0.737 bits per heavy atom. The van der Waals surface area contributed by atoms with E-state index in [1.54, 1.807) is 0 Å². The van der Waals surface area contributed by atoms with E-state index in [2.05, 4.69) is 96.9 Å². The van der Waals surface area contributed by atoms with Crippen LogP contribution in [0.15, 0.2) is 0 Å². The molecule has 244 valence electrons. The molecule has 0 bridgehead atoms. The van der Waals surface area contributed by atoms with Crippen LogP contribution in [-0.4, -0.2) is 0 Å². The summed E-state index contributed by atoms with van der Waals surface area (Å²) in [7, 11) is 0. The van der Waals surface area contributed by atoms with Crippen LogP contribution >= 0.6 is 0 Å². The maximum Gasteiger partial charge on any atom is -0.0391 e. The second-order valence-corrected chi connectivity index (χ2v) is 12.4. The van der Waals surface area contributed by atoms with E-state index in [9.17, 15) is 0 Å². The van der Waals surface area contributed by atoms with Crippen LogP contribution in [0, 0.1) is 47.3 Å². The normalized spacial score (nSPS) is 12.8. The molecule has 0 amide bonds. The summed E-state index contributed by atoms with van der Waals surface area (Å²) in [6, 6.07) is 0. The van der Waals surface area contributed by atoms with Crippen molar-refractivity contribution in [2.75, 3.05) is 0 Å².